The molecule has 20 heavy (non-hydrogen) atoms. The monoisotopic (exact) mass is 274 g/mol. The van der Waals surface area contributed by atoms with E-state index >= 15 is 0 Å². The third-order valence-electron chi connectivity index (χ3n) is 2.88. The summed E-state index contributed by atoms with van der Waals surface area (Å²) >= 11 is 0. The molecule has 0 bridgehead atoms. The van der Waals surface area contributed by atoms with Crippen LogP contribution in [0, 0.1) is 10.1 Å². The number of nitro groups is 1. The van der Waals surface area contributed by atoms with Gasteiger partial charge in [-0.15, -0.1) is 0 Å². The quantitative estimate of drug-likeness (QED) is 0.492. The average Bonchev–Trinajstić information content (AvgIpc) is 2.47. The van der Waals surface area contributed by atoms with E-state index in [1.807, 2.05) is 0 Å². The van der Waals surface area contributed by atoms with Crippen molar-refractivity contribution in [2.24, 2.45) is 0 Å². The number of aromatic nitrogens is 1. The number of allylic oxidation sites excluding steroid dienone is 2. The molecule has 2 N–H and O–H groups in total. The third kappa shape index (κ3) is 3.19. The molecule has 0 saturated heterocycles. The Kier molecular flexibility index (Phi) is 4.09. The van der Waals surface area contributed by atoms with Gasteiger partial charge in [0.2, 0.25) is 0 Å². The molecule has 1 atom stereocenters. The Morgan fingerprint density at radius 3 is 2.95 bits per heavy atom. The lowest BCUT2D eigenvalue weighted by Gasteiger charge is -2.23. The summed E-state index contributed by atoms with van der Waals surface area (Å²) in [6, 6.07) is 2.97. The van der Waals surface area contributed by atoms with Crippen molar-refractivity contribution in [2.75, 3.05) is 0 Å². The number of nitrogens with zero attached hydrogens (tertiary/aromatic N) is 2. The van der Waals surface area contributed by atoms with Crippen molar-refractivity contribution in [3.63, 3.8) is 0 Å². The summed E-state index contributed by atoms with van der Waals surface area (Å²) in [5, 5.41) is 16.1. The Labute approximate surface area is 115 Å². The number of pyridine rings is 1. The first-order chi connectivity index (χ1) is 9.62. The summed E-state index contributed by atoms with van der Waals surface area (Å²) in [6.45, 7) is 0.257. The highest BCUT2D eigenvalue weighted by atomic mass is 16.6. The highest BCUT2D eigenvalue weighted by Gasteiger charge is 2.41. The summed E-state index contributed by atoms with van der Waals surface area (Å²) in [6.07, 6.45) is 9.64. The number of hydrogen-bond acceptors (Lipinski definition) is 4. The zero-order chi connectivity index (χ0) is 14.4. The van der Waals surface area contributed by atoms with Gasteiger partial charge in [-0.25, -0.2) is 4.79 Å². The largest absolute Gasteiger partial charge is 0.334 e. The maximum Gasteiger partial charge on any atom is 0.320 e. The van der Waals surface area contributed by atoms with E-state index in [0.29, 0.717) is 0 Å². The van der Waals surface area contributed by atoms with E-state index in [4.69, 9.17) is 0 Å². The summed E-state index contributed by atoms with van der Waals surface area (Å²) in [5.74, 6) is 0. The van der Waals surface area contributed by atoms with Crippen LogP contribution < -0.4 is 10.6 Å². The van der Waals surface area contributed by atoms with Crippen LogP contribution in [0.15, 0.2) is 48.8 Å². The van der Waals surface area contributed by atoms with Crippen molar-refractivity contribution in [1.29, 1.82) is 0 Å². The Balaban J connectivity index is 1.94. The second-order valence-electron chi connectivity index (χ2n) is 4.34. The molecule has 0 aliphatic heterocycles. The van der Waals surface area contributed by atoms with E-state index in [0.717, 1.165) is 5.56 Å². The number of rotatable bonds is 4. The first kappa shape index (κ1) is 13.7. The predicted octanol–water partition coefficient (Wildman–Crippen LogP) is 1.37. The van der Waals surface area contributed by atoms with E-state index in [9.17, 15) is 14.9 Å². The Hall–Kier alpha value is -2.70. The van der Waals surface area contributed by atoms with Crippen molar-refractivity contribution in [3.8, 4) is 0 Å². The van der Waals surface area contributed by atoms with Crippen LogP contribution in [0.2, 0.25) is 0 Å². The molecule has 1 heterocycles. The van der Waals surface area contributed by atoms with E-state index in [-0.39, 0.29) is 13.0 Å². The molecule has 104 valence electrons. The molecule has 0 saturated carbocycles. The van der Waals surface area contributed by atoms with Gasteiger partial charge in [-0.1, -0.05) is 24.3 Å². The minimum Gasteiger partial charge on any atom is -0.334 e. The van der Waals surface area contributed by atoms with Crippen LogP contribution in [0.1, 0.15) is 12.0 Å². The molecule has 1 aromatic heterocycles. The van der Waals surface area contributed by atoms with Gasteiger partial charge < -0.3 is 5.32 Å². The SMILES string of the molecule is O=C(NCc1cccnc1)NC1([N+](=O)[O-])C=CC=CC1. The first-order valence-electron chi connectivity index (χ1n) is 6.06. The number of nitrogens with one attached hydrogen (secondary N) is 2. The van der Waals surface area contributed by atoms with Gasteiger partial charge in [0.1, 0.15) is 0 Å². The van der Waals surface area contributed by atoms with Crippen molar-refractivity contribution < 1.29 is 9.72 Å². The number of hydrogen-bond donors (Lipinski definition) is 2. The predicted molar refractivity (Wildman–Crippen MR) is 72.2 cm³/mol. The molecule has 0 radical (unpaired) electrons. The lowest BCUT2D eigenvalue weighted by Crippen LogP contribution is -2.55. The van der Waals surface area contributed by atoms with Crippen molar-refractivity contribution >= 4 is 6.03 Å². The van der Waals surface area contributed by atoms with Crippen LogP contribution in [-0.2, 0) is 6.54 Å². The zero-order valence-corrected chi connectivity index (χ0v) is 10.7. The molecule has 0 aromatic carbocycles. The fraction of sp³-hybridized carbons (Fsp3) is 0.231. The summed E-state index contributed by atoms with van der Waals surface area (Å²) in [5.41, 5.74) is -0.759. The number of amides is 2. The normalized spacial score (nSPS) is 20.4. The lowest BCUT2D eigenvalue weighted by atomic mass is 10.0. The minimum absolute atomic E-state index is 0.122. The first-order valence-corrected chi connectivity index (χ1v) is 6.06. The molecule has 2 rings (SSSR count). The van der Waals surface area contributed by atoms with Gasteiger partial charge in [0.25, 0.3) is 0 Å². The molecule has 1 aliphatic carbocycles. The van der Waals surface area contributed by atoms with Crippen LogP contribution in [0.4, 0.5) is 4.79 Å². The smallest absolute Gasteiger partial charge is 0.320 e. The van der Waals surface area contributed by atoms with Gasteiger partial charge in [-0.2, -0.15) is 0 Å². The van der Waals surface area contributed by atoms with Gasteiger partial charge in [0.05, 0.1) is 11.3 Å². The van der Waals surface area contributed by atoms with Crippen LogP contribution in [0.5, 0.6) is 0 Å². The molecule has 1 aliphatic rings. The van der Waals surface area contributed by atoms with Crippen molar-refractivity contribution in [1.82, 2.24) is 15.6 Å². The van der Waals surface area contributed by atoms with Gasteiger partial charge in [0, 0.05) is 25.0 Å². The van der Waals surface area contributed by atoms with Gasteiger partial charge in [0.15, 0.2) is 0 Å². The molecule has 7 heteroatoms. The molecule has 0 fully saturated rings. The van der Waals surface area contributed by atoms with E-state index in [2.05, 4.69) is 15.6 Å². The average molecular weight is 274 g/mol. The topological polar surface area (TPSA) is 97.2 Å². The van der Waals surface area contributed by atoms with Crippen LogP contribution in [0.25, 0.3) is 0 Å². The van der Waals surface area contributed by atoms with E-state index in [1.165, 1.54) is 6.08 Å². The van der Waals surface area contributed by atoms with Gasteiger partial charge >= 0.3 is 11.7 Å². The zero-order valence-electron chi connectivity index (χ0n) is 10.7. The Morgan fingerprint density at radius 1 is 1.50 bits per heavy atom. The van der Waals surface area contributed by atoms with Gasteiger partial charge in [-0.05, 0) is 11.6 Å². The summed E-state index contributed by atoms with van der Waals surface area (Å²) < 4.78 is 0. The van der Waals surface area contributed by atoms with Crippen LogP contribution in [-0.4, -0.2) is 21.6 Å². The fourth-order valence-corrected chi connectivity index (χ4v) is 1.81. The van der Waals surface area contributed by atoms with E-state index in [1.54, 1.807) is 42.8 Å². The van der Waals surface area contributed by atoms with E-state index < -0.39 is 16.6 Å². The Bertz CT molecular complexity index is 556. The maximum atomic E-state index is 11.8. The second kappa shape index (κ2) is 5.96. The molecule has 2 amide bonds. The van der Waals surface area contributed by atoms with Gasteiger partial charge in [-0.3, -0.25) is 20.4 Å². The minimum atomic E-state index is -1.58. The van der Waals surface area contributed by atoms with Crippen LogP contribution in [0.3, 0.4) is 0 Å². The number of carbonyl (C=O) groups excluding carboxylic acids is 1. The highest BCUT2D eigenvalue weighted by molar-refractivity contribution is 5.75. The summed E-state index contributed by atoms with van der Waals surface area (Å²) in [7, 11) is 0. The molecular formula is C13H14N4O3. The number of carbonyl (C=O) groups is 1. The Morgan fingerprint density at radius 2 is 2.35 bits per heavy atom. The summed E-state index contributed by atoms with van der Waals surface area (Å²) in [4.78, 5) is 26.4. The maximum absolute atomic E-state index is 11.8. The third-order valence-corrected chi connectivity index (χ3v) is 2.88. The number of urea groups is 1. The molecule has 1 aromatic rings. The van der Waals surface area contributed by atoms with Crippen molar-refractivity contribution in [2.45, 2.75) is 18.6 Å². The van der Waals surface area contributed by atoms with Crippen molar-refractivity contribution in [3.05, 3.63) is 64.5 Å². The standard InChI is InChI=1S/C13H14N4O3/c18-12(15-10-11-5-4-8-14-9-11)16-13(17(19)20)6-2-1-3-7-13/h1-6,8-9H,7,10H2,(H2,15,16,18). The second-order valence-corrected chi connectivity index (χ2v) is 4.34. The fourth-order valence-electron chi connectivity index (χ4n) is 1.81. The molecular weight excluding hydrogens is 260 g/mol. The van der Waals surface area contributed by atoms with Crippen LogP contribution >= 0.6 is 0 Å². The highest BCUT2D eigenvalue weighted by Crippen LogP contribution is 2.18. The lowest BCUT2D eigenvalue weighted by molar-refractivity contribution is -0.559. The molecule has 7 nitrogen and oxygen atoms in total. The molecule has 1 unspecified atom stereocenters. The molecule has 0 spiro atoms.